The summed E-state index contributed by atoms with van der Waals surface area (Å²) in [4.78, 5) is 1.51. The van der Waals surface area contributed by atoms with Gasteiger partial charge >= 0.3 is 0 Å². The first kappa shape index (κ1) is 12.2. The predicted molar refractivity (Wildman–Crippen MR) is 75.3 cm³/mol. The van der Waals surface area contributed by atoms with Gasteiger partial charge in [0.2, 0.25) is 0 Å². The van der Waals surface area contributed by atoms with E-state index in [0.717, 1.165) is 18.2 Å². The lowest BCUT2D eigenvalue weighted by Crippen LogP contribution is -2.24. The molecule has 2 rings (SSSR count). The number of thioether (sulfide) groups is 1. The Kier molecular flexibility index (Phi) is 4.94. The topological polar surface area (TPSA) is 12.0 Å². The molecule has 3 heteroatoms. The molecule has 0 radical (unpaired) electrons. The van der Waals surface area contributed by atoms with Crippen LogP contribution < -0.4 is 5.32 Å². The van der Waals surface area contributed by atoms with Gasteiger partial charge in [-0.3, -0.25) is 0 Å². The van der Waals surface area contributed by atoms with Gasteiger partial charge in [0.1, 0.15) is 0 Å². The molecule has 1 N–H and O–H groups in total. The van der Waals surface area contributed by atoms with Crippen molar-refractivity contribution in [3.8, 4) is 0 Å². The van der Waals surface area contributed by atoms with Crippen molar-refractivity contribution in [2.45, 2.75) is 18.9 Å². The third-order valence-electron chi connectivity index (χ3n) is 2.79. The lowest BCUT2D eigenvalue weighted by Gasteiger charge is -2.16. The minimum Gasteiger partial charge on any atom is -0.308 e. The van der Waals surface area contributed by atoms with E-state index in [1.54, 1.807) is 0 Å². The second kappa shape index (κ2) is 6.48. The Hall–Kier alpha value is -0.250. The van der Waals surface area contributed by atoms with Gasteiger partial charge < -0.3 is 5.32 Å². The van der Waals surface area contributed by atoms with Crippen LogP contribution in [0.25, 0.3) is 0 Å². The van der Waals surface area contributed by atoms with Gasteiger partial charge in [-0.1, -0.05) is 12.1 Å². The molecule has 0 amide bonds. The van der Waals surface area contributed by atoms with Crippen LogP contribution >= 0.6 is 23.1 Å². The maximum Gasteiger partial charge on any atom is 0.0443 e. The number of hydrogen-bond donors (Lipinski definition) is 1. The molecule has 88 valence electrons. The Balaban J connectivity index is 1.74. The summed E-state index contributed by atoms with van der Waals surface area (Å²) in [6, 6.07) is 5.03. The van der Waals surface area contributed by atoms with Crippen molar-refractivity contribution in [1.29, 1.82) is 0 Å². The zero-order valence-corrected chi connectivity index (χ0v) is 11.2. The first-order valence-electron chi connectivity index (χ1n) is 5.87. The molecule has 1 aromatic heterocycles. The molecule has 1 heterocycles. The normalized spacial score (nSPS) is 17.2. The Morgan fingerprint density at radius 1 is 1.62 bits per heavy atom. The molecule has 0 saturated heterocycles. The molecule has 1 atom stereocenters. The minimum absolute atomic E-state index is 0.615. The first-order chi connectivity index (χ1) is 7.92. The van der Waals surface area contributed by atoms with Crippen LogP contribution in [0.5, 0.6) is 0 Å². The van der Waals surface area contributed by atoms with Crippen molar-refractivity contribution in [3.63, 3.8) is 0 Å². The number of hydrogen-bond acceptors (Lipinski definition) is 3. The largest absolute Gasteiger partial charge is 0.308 e. The predicted octanol–water partition coefficient (Wildman–Crippen LogP) is 3.71. The third-order valence-corrected chi connectivity index (χ3v) is 4.71. The second-order valence-corrected chi connectivity index (χ2v) is 6.28. The third kappa shape index (κ3) is 3.65. The Morgan fingerprint density at radius 2 is 2.50 bits per heavy atom. The van der Waals surface area contributed by atoms with E-state index in [9.17, 15) is 0 Å². The molecule has 0 bridgehead atoms. The standard InChI is InChI=1S/C13H19NS2/c1-2-8-15-10-7-14-13(11-5-6-11)12-4-3-9-16-12/h2-4,9,11,13-14H,1,5-8,10H2. The molecule has 1 aliphatic rings. The molecular weight excluding hydrogens is 234 g/mol. The summed E-state index contributed by atoms with van der Waals surface area (Å²) in [5.74, 6) is 3.14. The highest BCUT2D eigenvalue weighted by atomic mass is 32.2. The number of rotatable bonds is 8. The fraction of sp³-hybridized carbons (Fsp3) is 0.538. The van der Waals surface area contributed by atoms with Gasteiger partial charge in [0.05, 0.1) is 0 Å². The SMILES string of the molecule is C=CCSCCNC(c1cccs1)C1CC1. The van der Waals surface area contributed by atoms with E-state index >= 15 is 0 Å². The molecule has 1 saturated carbocycles. The highest BCUT2D eigenvalue weighted by Crippen LogP contribution is 2.42. The van der Waals surface area contributed by atoms with Gasteiger partial charge in [-0.2, -0.15) is 11.8 Å². The quantitative estimate of drug-likeness (QED) is 0.560. The average Bonchev–Trinajstić information content (AvgIpc) is 2.98. The van der Waals surface area contributed by atoms with Gasteiger partial charge in [-0.05, 0) is 30.2 Å². The molecule has 1 aliphatic carbocycles. The number of thiophene rings is 1. The Morgan fingerprint density at radius 3 is 3.12 bits per heavy atom. The molecule has 1 aromatic rings. The van der Waals surface area contributed by atoms with Gasteiger partial charge in [0, 0.05) is 29.0 Å². The van der Waals surface area contributed by atoms with E-state index in [1.165, 1.54) is 23.5 Å². The lowest BCUT2D eigenvalue weighted by atomic mass is 10.1. The summed E-state index contributed by atoms with van der Waals surface area (Å²) in [5.41, 5.74) is 0. The van der Waals surface area contributed by atoms with E-state index in [-0.39, 0.29) is 0 Å². The van der Waals surface area contributed by atoms with E-state index in [1.807, 2.05) is 29.2 Å². The van der Waals surface area contributed by atoms with Gasteiger partial charge in [-0.25, -0.2) is 0 Å². The van der Waals surface area contributed by atoms with Crippen molar-refractivity contribution in [1.82, 2.24) is 5.32 Å². The van der Waals surface area contributed by atoms with E-state index in [4.69, 9.17) is 0 Å². The molecule has 1 nitrogen and oxygen atoms in total. The summed E-state index contributed by atoms with van der Waals surface area (Å²) in [6.07, 6.45) is 4.77. The van der Waals surface area contributed by atoms with Crippen LogP contribution in [0.1, 0.15) is 23.8 Å². The zero-order valence-electron chi connectivity index (χ0n) is 9.52. The van der Waals surface area contributed by atoms with Crippen molar-refractivity contribution >= 4 is 23.1 Å². The zero-order chi connectivity index (χ0) is 11.2. The van der Waals surface area contributed by atoms with Crippen LogP contribution in [0.3, 0.4) is 0 Å². The molecule has 0 spiro atoms. The first-order valence-corrected chi connectivity index (χ1v) is 7.90. The molecule has 1 fully saturated rings. The van der Waals surface area contributed by atoms with E-state index < -0.39 is 0 Å². The molecule has 0 aliphatic heterocycles. The van der Waals surface area contributed by atoms with Crippen LogP contribution in [0, 0.1) is 5.92 Å². The van der Waals surface area contributed by atoms with Gasteiger partial charge in [-0.15, -0.1) is 17.9 Å². The highest BCUT2D eigenvalue weighted by molar-refractivity contribution is 7.99. The van der Waals surface area contributed by atoms with Crippen LogP contribution in [-0.2, 0) is 0 Å². The highest BCUT2D eigenvalue weighted by Gasteiger charge is 2.32. The number of nitrogens with one attached hydrogen (secondary N) is 1. The Bertz CT molecular complexity index is 304. The van der Waals surface area contributed by atoms with Crippen molar-refractivity contribution in [3.05, 3.63) is 35.0 Å². The van der Waals surface area contributed by atoms with E-state index in [2.05, 4.69) is 29.4 Å². The fourth-order valence-corrected chi connectivity index (χ4v) is 3.34. The molecule has 16 heavy (non-hydrogen) atoms. The van der Waals surface area contributed by atoms with Crippen molar-refractivity contribution in [2.24, 2.45) is 5.92 Å². The summed E-state index contributed by atoms with van der Waals surface area (Å²) in [6.45, 7) is 4.84. The van der Waals surface area contributed by atoms with Crippen molar-refractivity contribution < 1.29 is 0 Å². The maximum atomic E-state index is 3.73. The summed E-state index contributed by atoms with van der Waals surface area (Å²) < 4.78 is 0. The summed E-state index contributed by atoms with van der Waals surface area (Å²) in [5, 5.41) is 5.88. The summed E-state index contributed by atoms with van der Waals surface area (Å²) in [7, 11) is 0. The van der Waals surface area contributed by atoms with Gasteiger partial charge in [0.15, 0.2) is 0 Å². The smallest absolute Gasteiger partial charge is 0.0443 e. The van der Waals surface area contributed by atoms with Crippen LogP contribution in [0.15, 0.2) is 30.2 Å². The van der Waals surface area contributed by atoms with Crippen LogP contribution in [0.4, 0.5) is 0 Å². The minimum atomic E-state index is 0.615. The molecule has 1 unspecified atom stereocenters. The Labute approximate surface area is 106 Å². The maximum absolute atomic E-state index is 3.73. The van der Waals surface area contributed by atoms with Crippen LogP contribution in [0.2, 0.25) is 0 Å². The average molecular weight is 253 g/mol. The van der Waals surface area contributed by atoms with Gasteiger partial charge in [0.25, 0.3) is 0 Å². The second-order valence-electron chi connectivity index (χ2n) is 4.15. The molecule has 0 aromatic carbocycles. The monoisotopic (exact) mass is 253 g/mol. The lowest BCUT2D eigenvalue weighted by molar-refractivity contribution is 0.506. The fourth-order valence-electron chi connectivity index (χ4n) is 1.85. The van der Waals surface area contributed by atoms with Crippen molar-refractivity contribution in [2.75, 3.05) is 18.1 Å². The van der Waals surface area contributed by atoms with E-state index in [0.29, 0.717) is 6.04 Å². The molecular formula is C13H19NS2. The van der Waals surface area contributed by atoms with Crippen LogP contribution in [-0.4, -0.2) is 18.1 Å². The summed E-state index contributed by atoms with van der Waals surface area (Å²) >= 11 is 3.83.